The third-order valence-corrected chi connectivity index (χ3v) is 2.44. The molecule has 0 amide bonds. The molecule has 1 aliphatic carbocycles. The summed E-state index contributed by atoms with van der Waals surface area (Å²) >= 11 is 0. The number of aromatic nitrogens is 2. The van der Waals surface area contributed by atoms with Crippen molar-refractivity contribution in [1.29, 1.82) is 0 Å². The SMILES string of the molecule is CCc1c(C(=O)O)n[nH]c1C1CC1. The average molecular weight is 180 g/mol. The number of hydrogen-bond acceptors (Lipinski definition) is 2. The Hall–Kier alpha value is -1.32. The molecule has 13 heavy (non-hydrogen) atoms. The maximum Gasteiger partial charge on any atom is 0.356 e. The van der Waals surface area contributed by atoms with E-state index < -0.39 is 5.97 Å². The lowest BCUT2D eigenvalue weighted by Gasteiger charge is -1.97. The van der Waals surface area contributed by atoms with E-state index in [2.05, 4.69) is 10.2 Å². The van der Waals surface area contributed by atoms with Gasteiger partial charge in [0, 0.05) is 17.2 Å². The van der Waals surface area contributed by atoms with E-state index in [4.69, 9.17) is 5.11 Å². The van der Waals surface area contributed by atoms with Crippen LogP contribution in [0.4, 0.5) is 0 Å². The highest BCUT2D eigenvalue weighted by atomic mass is 16.4. The number of hydrogen-bond donors (Lipinski definition) is 2. The van der Waals surface area contributed by atoms with Crippen molar-refractivity contribution in [2.75, 3.05) is 0 Å². The van der Waals surface area contributed by atoms with Gasteiger partial charge in [-0.15, -0.1) is 0 Å². The van der Waals surface area contributed by atoms with Crippen molar-refractivity contribution in [3.8, 4) is 0 Å². The molecule has 0 aromatic carbocycles. The summed E-state index contributed by atoms with van der Waals surface area (Å²) < 4.78 is 0. The average Bonchev–Trinajstić information content (AvgIpc) is 2.84. The van der Waals surface area contributed by atoms with E-state index in [0.717, 1.165) is 30.5 Å². The summed E-state index contributed by atoms with van der Waals surface area (Å²) in [6.07, 6.45) is 3.06. The van der Waals surface area contributed by atoms with Crippen molar-refractivity contribution < 1.29 is 9.90 Å². The third kappa shape index (κ3) is 1.32. The van der Waals surface area contributed by atoms with Crippen LogP contribution < -0.4 is 0 Å². The van der Waals surface area contributed by atoms with Gasteiger partial charge in [0.15, 0.2) is 5.69 Å². The van der Waals surface area contributed by atoms with Crippen LogP contribution in [0.2, 0.25) is 0 Å². The summed E-state index contributed by atoms with van der Waals surface area (Å²) in [5.74, 6) is -0.393. The Morgan fingerprint density at radius 3 is 2.85 bits per heavy atom. The Morgan fingerprint density at radius 1 is 1.69 bits per heavy atom. The van der Waals surface area contributed by atoms with E-state index >= 15 is 0 Å². The van der Waals surface area contributed by atoms with Gasteiger partial charge in [0.1, 0.15) is 0 Å². The van der Waals surface area contributed by atoms with Crippen LogP contribution in [0.15, 0.2) is 0 Å². The molecule has 1 aromatic rings. The zero-order valence-corrected chi connectivity index (χ0v) is 7.50. The smallest absolute Gasteiger partial charge is 0.356 e. The van der Waals surface area contributed by atoms with Crippen molar-refractivity contribution >= 4 is 5.97 Å². The van der Waals surface area contributed by atoms with E-state index in [0.29, 0.717) is 5.92 Å². The molecule has 2 N–H and O–H groups in total. The van der Waals surface area contributed by atoms with Crippen LogP contribution in [-0.2, 0) is 6.42 Å². The van der Waals surface area contributed by atoms with Gasteiger partial charge in [0.05, 0.1) is 0 Å². The minimum Gasteiger partial charge on any atom is -0.476 e. The molecule has 0 atom stereocenters. The molecule has 1 heterocycles. The Kier molecular flexibility index (Phi) is 1.83. The fourth-order valence-electron chi connectivity index (χ4n) is 1.62. The zero-order valence-electron chi connectivity index (χ0n) is 7.50. The van der Waals surface area contributed by atoms with E-state index in [1.165, 1.54) is 0 Å². The van der Waals surface area contributed by atoms with Crippen LogP contribution in [0.1, 0.15) is 47.4 Å². The van der Waals surface area contributed by atoms with Gasteiger partial charge in [-0.2, -0.15) is 5.10 Å². The van der Waals surface area contributed by atoms with Crippen molar-refractivity contribution in [2.24, 2.45) is 0 Å². The number of rotatable bonds is 3. The normalized spacial score (nSPS) is 16.1. The Bertz CT molecular complexity index is 339. The monoisotopic (exact) mass is 180 g/mol. The molecule has 0 saturated heterocycles. The highest BCUT2D eigenvalue weighted by Crippen LogP contribution is 2.41. The first-order chi connectivity index (χ1) is 6.24. The molecular formula is C9H12N2O2. The molecule has 1 fully saturated rings. The van der Waals surface area contributed by atoms with E-state index in [9.17, 15) is 4.79 Å². The molecule has 1 saturated carbocycles. The van der Waals surface area contributed by atoms with E-state index in [-0.39, 0.29) is 5.69 Å². The van der Waals surface area contributed by atoms with Crippen molar-refractivity contribution in [1.82, 2.24) is 10.2 Å². The van der Waals surface area contributed by atoms with Crippen LogP contribution >= 0.6 is 0 Å². The van der Waals surface area contributed by atoms with Crippen LogP contribution in [0.3, 0.4) is 0 Å². The number of carboxylic acid groups (broad SMARTS) is 1. The third-order valence-electron chi connectivity index (χ3n) is 2.44. The topological polar surface area (TPSA) is 66.0 Å². The number of aromatic amines is 1. The molecule has 1 aliphatic rings. The fourth-order valence-corrected chi connectivity index (χ4v) is 1.62. The maximum atomic E-state index is 10.8. The summed E-state index contributed by atoms with van der Waals surface area (Å²) in [6.45, 7) is 1.96. The quantitative estimate of drug-likeness (QED) is 0.741. The second-order valence-electron chi connectivity index (χ2n) is 3.40. The number of carbonyl (C=O) groups is 1. The Labute approximate surface area is 76.0 Å². The molecule has 0 unspecified atom stereocenters. The van der Waals surface area contributed by atoms with Crippen molar-refractivity contribution in [2.45, 2.75) is 32.1 Å². The van der Waals surface area contributed by atoms with Crippen molar-refractivity contribution in [3.05, 3.63) is 17.0 Å². The van der Waals surface area contributed by atoms with Gasteiger partial charge >= 0.3 is 5.97 Å². The second kappa shape index (κ2) is 2.87. The lowest BCUT2D eigenvalue weighted by Crippen LogP contribution is -2.01. The first kappa shape index (κ1) is 8.29. The van der Waals surface area contributed by atoms with Gasteiger partial charge in [0.2, 0.25) is 0 Å². The first-order valence-electron chi connectivity index (χ1n) is 4.54. The molecule has 0 spiro atoms. The van der Waals surface area contributed by atoms with Gasteiger partial charge in [-0.25, -0.2) is 4.79 Å². The molecular weight excluding hydrogens is 168 g/mol. The molecule has 2 rings (SSSR count). The molecule has 0 aliphatic heterocycles. The fraction of sp³-hybridized carbons (Fsp3) is 0.556. The number of nitrogens with one attached hydrogen (secondary N) is 1. The minimum atomic E-state index is -0.931. The summed E-state index contributed by atoms with van der Waals surface area (Å²) in [7, 11) is 0. The summed E-state index contributed by atoms with van der Waals surface area (Å²) in [5.41, 5.74) is 2.12. The first-order valence-corrected chi connectivity index (χ1v) is 4.54. The van der Waals surface area contributed by atoms with Gasteiger partial charge in [-0.3, -0.25) is 5.10 Å². The van der Waals surface area contributed by atoms with Gasteiger partial charge in [0.25, 0.3) is 0 Å². The standard InChI is InChI=1S/C9H12N2O2/c1-2-6-7(5-3-4-5)10-11-8(6)9(12)13/h5H,2-4H2,1H3,(H,10,11)(H,12,13). The van der Waals surface area contributed by atoms with Crippen LogP contribution in [0, 0.1) is 0 Å². The van der Waals surface area contributed by atoms with Gasteiger partial charge < -0.3 is 5.11 Å². The minimum absolute atomic E-state index is 0.199. The van der Waals surface area contributed by atoms with Crippen LogP contribution in [0.25, 0.3) is 0 Å². The molecule has 1 aromatic heterocycles. The number of H-pyrrole nitrogens is 1. The van der Waals surface area contributed by atoms with E-state index in [1.807, 2.05) is 6.92 Å². The lowest BCUT2D eigenvalue weighted by molar-refractivity contribution is 0.0689. The lowest BCUT2D eigenvalue weighted by atomic mass is 10.1. The molecule has 4 heteroatoms. The molecule has 4 nitrogen and oxygen atoms in total. The van der Waals surface area contributed by atoms with Gasteiger partial charge in [-0.05, 0) is 19.3 Å². The second-order valence-corrected chi connectivity index (χ2v) is 3.40. The van der Waals surface area contributed by atoms with Crippen LogP contribution in [0.5, 0.6) is 0 Å². The zero-order chi connectivity index (χ0) is 9.42. The summed E-state index contributed by atoms with van der Waals surface area (Å²) in [5, 5.41) is 15.5. The predicted octanol–water partition coefficient (Wildman–Crippen LogP) is 1.55. The van der Waals surface area contributed by atoms with Crippen LogP contribution in [-0.4, -0.2) is 21.3 Å². The molecule has 0 radical (unpaired) electrons. The predicted molar refractivity (Wildman–Crippen MR) is 46.9 cm³/mol. The number of nitrogens with zero attached hydrogens (tertiary/aromatic N) is 1. The van der Waals surface area contributed by atoms with Crippen molar-refractivity contribution in [3.63, 3.8) is 0 Å². The highest BCUT2D eigenvalue weighted by Gasteiger charge is 2.30. The number of aromatic carboxylic acids is 1. The summed E-state index contributed by atoms with van der Waals surface area (Å²) in [4.78, 5) is 10.8. The highest BCUT2D eigenvalue weighted by molar-refractivity contribution is 5.87. The Balaban J connectivity index is 2.41. The molecule has 70 valence electrons. The molecule has 0 bridgehead atoms. The largest absolute Gasteiger partial charge is 0.476 e. The van der Waals surface area contributed by atoms with Gasteiger partial charge in [-0.1, -0.05) is 6.92 Å². The maximum absolute atomic E-state index is 10.8. The summed E-state index contributed by atoms with van der Waals surface area (Å²) in [6, 6.07) is 0. The van der Waals surface area contributed by atoms with E-state index in [1.54, 1.807) is 0 Å². The number of carboxylic acids is 1. The Morgan fingerprint density at radius 2 is 2.38 bits per heavy atom.